The number of nitrogens with zero attached hydrogens (tertiary/aromatic N) is 8. The highest BCUT2D eigenvalue weighted by atomic mass is 15.3. The summed E-state index contributed by atoms with van der Waals surface area (Å²) in [5.74, 6) is 0.930. The van der Waals surface area contributed by atoms with Crippen molar-refractivity contribution in [2.24, 2.45) is 9.98 Å². The monoisotopic (exact) mass is 349 g/mol. The highest BCUT2D eigenvalue weighted by Gasteiger charge is 2.24. The average Bonchev–Trinajstić information content (AvgIpc) is 3.32. The molecule has 1 fully saturated rings. The van der Waals surface area contributed by atoms with Gasteiger partial charge in [-0.2, -0.15) is 14.8 Å². The molecule has 1 N–H and O–H groups in total. The number of nitriles is 1. The molecule has 0 atom stereocenters. The molecule has 26 heavy (non-hydrogen) atoms. The van der Waals surface area contributed by atoms with Crippen LogP contribution in [0.15, 0.2) is 28.3 Å². The number of allylic oxidation sites excluding steroid dienone is 1. The first-order chi connectivity index (χ1) is 12.7. The van der Waals surface area contributed by atoms with E-state index in [9.17, 15) is 5.26 Å². The van der Waals surface area contributed by atoms with Gasteiger partial charge >= 0.3 is 0 Å². The van der Waals surface area contributed by atoms with Crippen molar-refractivity contribution in [2.45, 2.75) is 25.3 Å². The second kappa shape index (κ2) is 6.92. The molecule has 1 aliphatic carbocycles. The van der Waals surface area contributed by atoms with Crippen LogP contribution >= 0.6 is 0 Å². The molecule has 2 aliphatic rings. The highest BCUT2D eigenvalue weighted by molar-refractivity contribution is 5.96. The lowest BCUT2D eigenvalue weighted by atomic mass is 10.2. The summed E-state index contributed by atoms with van der Waals surface area (Å²) in [5.41, 5.74) is 1.76. The van der Waals surface area contributed by atoms with E-state index < -0.39 is 0 Å². The van der Waals surface area contributed by atoms with E-state index in [0.29, 0.717) is 42.1 Å². The van der Waals surface area contributed by atoms with Gasteiger partial charge in [-0.1, -0.05) is 6.08 Å². The average molecular weight is 349 g/mol. The van der Waals surface area contributed by atoms with Crippen LogP contribution < -0.4 is 5.32 Å². The predicted molar refractivity (Wildman–Crippen MR) is 99.0 cm³/mol. The lowest BCUT2D eigenvalue weighted by Crippen LogP contribution is -2.15. The number of fused-ring (bicyclic) bond motifs is 1. The minimum atomic E-state index is 0.311. The van der Waals surface area contributed by atoms with Gasteiger partial charge in [-0.25, -0.2) is 9.98 Å². The quantitative estimate of drug-likeness (QED) is 0.901. The predicted octanol–water partition coefficient (Wildman–Crippen LogP) is 1.56. The first-order valence-electron chi connectivity index (χ1n) is 8.59. The Bertz CT molecular complexity index is 943. The van der Waals surface area contributed by atoms with Crippen LogP contribution in [-0.2, 0) is 0 Å². The molecule has 1 saturated carbocycles. The normalized spacial score (nSPS) is 20.5. The number of aromatic nitrogens is 4. The Morgan fingerprint density at radius 1 is 1.38 bits per heavy atom. The summed E-state index contributed by atoms with van der Waals surface area (Å²) in [6, 6.07) is 2.51. The van der Waals surface area contributed by atoms with Crippen LogP contribution in [0.25, 0.3) is 5.65 Å². The molecular formula is C17H19N9. The molecule has 132 valence electrons. The van der Waals surface area contributed by atoms with Crippen molar-refractivity contribution in [3.05, 3.63) is 24.0 Å². The lowest BCUT2D eigenvalue weighted by Gasteiger charge is -2.07. The second-order valence-corrected chi connectivity index (χ2v) is 6.39. The summed E-state index contributed by atoms with van der Waals surface area (Å²) >= 11 is 0. The van der Waals surface area contributed by atoms with E-state index in [1.807, 2.05) is 30.4 Å². The summed E-state index contributed by atoms with van der Waals surface area (Å²) in [6.45, 7) is 1.41. The van der Waals surface area contributed by atoms with Crippen molar-refractivity contribution in [1.82, 2.24) is 24.5 Å². The summed E-state index contributed by atoms with van der Waals surface area (Å²) < 4.78 is 1.50. The number of hydrogen-bond donors (Lipinski definition) is 1. The first kappa shape index (κ1) is 16.2. The maximum atomic E-state index is 9.29. The van der Waals surface area contributed by atoms with Crippen molar-refractivity contribution in [3.8, 4) is 6.07 Å². The molecule has 0 unspecified atom stereocenters. The molecule has 0 amide bonds. The molecule has 2 aromatic rings. The molecular weight excluding hydrogens is 330 g/mol. The van der Waals surface area contributed by atoms with Crippen LogP contribution in [-0.4, -0.2) is 62.7 Å². The molecule has 3 heterocycles. The largest absolute Gasteiger partial charge is 0.364 e. The van der Waals surface area contributed by atoms with Gasteiger partial charge in [-0.3, -0.25) is 4.99 Å². The van der Waals surface area contributed by atoms with Gasteiger partial charge in [-0.15, -0.1) is 5.10 Å². The van der Waals surface area contributed by atoms with Crippen LogP contribution in [0.2, 0.25) is 0 Å². The van der Waals surface area contributed by atoms with Gasteiger partial charge in [0.15, 0.2) is 17.2 Å². The van der Waals surface area contributed by atoms with E-state index in [-0.39, 0.29) is 0 Å². The molecule has 0 spiro atoms. The SMILES string of the molecule is CN1C=NCCC(=Nc2nc(NC3CC3)c3ncc(C#N)n3n2)/C=C\C1. The van der Waals surface area contributed by atoms with Crippen molar-refractivity contribution in [3.63, 3.8) is 0 Å². The van der Waals surface area contributed by atoms with Gasteiger partial charge in [0.2, 0.25) is 0 Å². The van der Waals surface area contributed by atoms with E-state index in [1.54, 1.807) is 0 Å². The maximum absolute atomic E-state index is 9.29. The van der Waals surface area contributed by atoms with Crippen molar-refractivity contribution < 1.29 is 0 Å². The summed E-state index contributed by atoms with van der Waals surface area (Å²) in [7, 11) is 1.98. The number of hydrogen-bond acceptors (Lipinski definition) is 8. The van der Waals surface area contributed by atoms with E-state index in [4.69, 9.17) is 0 Å². The van der Waals surface area contributed by atoms with E-state index in [2.05, 4.69) is 36.4 Å². The molecule has 4 rings (SSSR count). The summed E-state index contributed by atoms with van der Waals surface area (Å²) in [5, 5.41) is 17.0. The van der Waals surface area contributed by atoms with Crippen molar-refractivity contribution in [2.75, 3.05) is 25.5 Å². The summed E-state index contributed by atoms with van der Waals surface area (Å²) in [4.78, 5) is 19.8. The van der Waals surface area contributed by atoms with Gasteiger partial charge in [0, 0.05) is 38.3 Å². The fraction of sp³-hybridized carbons (Fsp3) is 0.412. The Hall–Kier alpha value is -3.28. The zero-order valence-electron chi connectivity index (χ0n) is 14.5. The topological polar surface area (TPSA) is 107 Å². The Morgan fingerprint density at radius 3 is 3.08 bits per heavy atom. The van der Waals surface area contributed by atoms with E-state index >= 15 is 0 Å². The fourth-order valence-electron chi connectivity index (χ4n) is 2.59. The molecule has 0 saturated heterocycles. The van der Waals surface area contributed by atoms with Gasteiger partial charge < -0.3 is 10.2 Å². The number of rotatable bonds is 3. The zero-order valence-corrected chi connectivity index (χ0v) is 14.5. The third-order valence-corrected chi connectivity index (χ3v) is 4.11. The molecule has 1 aliphatic heterocycles. The van der Waals surface area contributed by atoms with Crippen LogP contribution in [0.4, 0.5) is 11.8 Å². The maximum Gasteiger partial charge on any atom is 0.269 e. The lowest BCUT2D eigenvalue weighted by molar-refractivity contribution is 0.580. The first-order valence-corrected chi connectivity index (χ1v) is 8.59. The molecule has 9 nitrogen and oxygen atoms in total. The van der Waals surface area contributed by atoms with Crippen LogP contribution in [0.5, 0.6) is 0 Å². The van der Waals surface area contributed by atoms with Gasteiger partial charge in [0.25, 0.3) is 5.95 Å². The van der Waals surface area contributed by atoms with Crippen LogP contribution in [0.3, 0.4) is 0 Å². The molecule has 2 aromatic heterocycles. The molecule has 0 bridgehead atoms. The standard InChI is InChI=1S/C17H19N9/c1-25-8-2-3-12(6-7-19-11-25)22-17-23-15(21-13-4-5-13)16-20-10-14(9-18)26(16)24-17/h2-3,10-11,13H,4-8H2,1H3,(H,21,23,24)/b3-2-,19-11?,22-12?. The van der Waals surface area contributed by atoms with Gasteiger partial charge in [0.05, 0.1) is 12.5 Å². The minimum Gasteiger partial charge on any atom is -0.364 e. The minimum absolute atomic E-state index is 0.311. The van der Waals surface area contributed by atoms with Crippen molar-refractivity contribution >= 4 is 29.5 Å². The molecule has 9 heteroatoms. The van der Waals surface area contributed by atoms with E-state index in [1.165, 1.54) is 10.7 Å². The smallest absolute Gasteiger partial charge is 0.269 e. The van der Waals surface area contributed by atoms with Gasteiger partial charge in [0.1, 0.15) is 6.07 Å². The number of aliphatic imine (C=N–C) groups is 2. The van der Waals surface area contributed by atoms with Crippen molar-refractivity contribution in [1.29, 1.82) is 5.26 Å². The number of anilines is 1. The summed E-state index contributed by atoms with van der Waals surface area (Å²) in [6.07, 6.45) is 10.3. The molecule has 0 aromatic carbocycles. The van der Waals surface area contributed by atoms with E-state index in [0.717, 1.165) is 25.1 Å². The number of nitrogens with one attached hydrogen (secondary N) is 1. The number of likely N-dealkylation sites (N-methyl/N-ethyl adjacent to an activating group) is 1. The Kier molecular flexibility index (Phi) is 4.31. The Balaban J connectivity index is 1.72. The highest BCUT2D eigenvalue weighted by Crippen LogP contribution is 2.26. The molecule has 0 radical (unpaired) electrons. The Morgan fingerprint density at radius 2 is 2.27 bits per heavy atom. The Labute approximate surface area is 150 Å². The zero-order chi connectivity index (χ0) is 17.9. The second-order valence-electron chi connectivity index (χ2n) is 6.39. The van der Waals surface area contributed by atoms with Crippen LogP contribution in [0, 0.1) is 11.3 Å². The van der Waals surface area contributed by atoms with Crippen LogP contribution in [0.1, 0.15) is 25.0 Å². The fourth-order valence-corrected chi connectivity index (χ4v) is 2.59. The number of imidazole rings is 1. The third kappa shape index (κ3) is 3.54. The third-order valence-electron chi connectivity index (χ3n) is 4.11. The van der Waals surface area contributed by atoms with Gasteiger partial charge in [-0.05, 0) is 18.9 Å².